The van der Waals surface area contributed by atoms with Gasteiger partial charge in [-0.15, -0.1) is 6.54 Å². The molecule has 0 aromatic heterocycles. The van der Waals surface area contributed by atoms with E-state index in [1.165, 1.54) is 103 Å². The van der Waals surface area contributed by atoms with Crippen molar-refractivity contribution in [3.05, 3.63) is 84.5 Å². The van der Waals surface area contributed by atoms with Gasteiger partial charge in [0.1, 0.15) is 19.5 Å². The first-order chi connectivity index (χ1) is 35.1. The zero-order valence-corrected chi connectivity index (χ0v) is 49.9. The molecule has 0 bridgehead atoms. The first-order valence-electron chi connectivity index (χ1n) is 28.4. The number of amides is 2. The molecule has 4 aliphatic carbocycles. The Hall–Kier alpha value is -2.86. The molecule has 74 heavy (non-hydrogen) atoms. The molecule has 0 radical (unpaired) electrons. The molecule has 6 rings (SSSR count). The van der Waals surface area contributed by atoms with Crippen molar-refractivity contribution >= 4 is 18.5 Å². The van der Waals surface area contributed by atoms with Crippen LogP contribution in [0.3, 0.4) is 0 Å². The zero-order valence-electron chi connectivity index (χ0n) is 46.9. The number of carbonyl (C=O) groups is 3. The molecule has 0 atom stereocenters. The summed E-state index contributed by atoms with van der Waals surface area (Å²) in [4.78, 5) is 37.9. The van der Waals surface area contributed by atoms with Crippen molar-refractivity contribution in [2.45, 2.75) is 167 Å². The second kappa shape index (κ2) is 44.2. The minimum Gasteiger partial charge on any atom is -0.665 e. The van der Waals surface area contributed by atoms with Crippen molar-refractivity contribution in [1.82, 2.24) is 15.1 Å². The molecule has 0 spiro atoms. The Labute approximate surface area is 464 Å². The number of nitrogens with one attached hydrogen (secondary N) is 1. The molecule has 4 fully saturated rings. The Morgan fingerprint density at radius 2 is 0.851 bits per heavy atom. The van der Waals surface area contributed by atoms with Gasteiger partial charge in [0, 0.05) is 53.4 Å². The fourth-order valence-corrected chi connectivity index (χ4v) is 11.1. The number of nitrogens with zero attached hydrogens (tertiary/aromatic N) is 3. The second-order valence-corrected chi connectivity index (χ2v) is 21.7. The summed E-state index contributed by atoms with van der Waals surface area (Å²) >= 11 is 0. The van der Waals surface area contributed by atoms with Gasteiger partial charge in [-0.05, 0) is 123 Å². The largest absolute Gasteiger partial charge is 2.00 e. The molecule has 2 aromatic rings. The van der Waals surface area contributed by atoms with E-state index in [2.05, 4.69) is 10.6 Å². The molecule has 4 N–H and O–H groups in total. The summed E-state index contributed by atoms with van der Waals surface area (Å²) in [7, 11) is 7.53. The van der Waals surface area contributed by atoms with E-state index in [9.17, 15) is 14.4 Å². The summed E-state index contributed by atoms with van der Waals surface area (Å²) in [6.07, 6.45) is 29.2. The number of carbonyl (C=O) groups excluding carboxylic acids is 3. The van der Waals surface area contributed by atoms with Crippen molar-refractivity contribution < 1.29 is 60.2 Å². The molecular weight excluding hydrogens is 1100 g/mol. The Morgan fingerprint density at radius 3 is 1.16 bits per heavy atom. The monoisotopic (exact) mass is 1200 g/mol. The van der Waals surface area contributed by atoms with Crippen LogP contribution >= 0.6 is 0 Å². The number of hydrogen-bond donors (Lipinski definition) is 4. The zero-order chi connectivity index (χ0) is 52.0. The van der Waals surface area contributed by atoms with Crippen LogP contribution in [-0.4, -0.2) is 118 Å². The average molecular weight is 1210 g/mol. The fourth-order valence-electron chi connectivity index (χ4n) is 11.1. The van der Waals surface area contributed by atoms with E-state index < -0.39 is 0 Å². The first kappa shape index (κ1) is 69.2. The molecule has 4 saturated carbocycles. The van der Waals surface area contributed by atoms with E-state index in [4.69, 9.17) is 24.8 Å². The van der Waals surface area contributed by atoms with Crippen LogP contribution in [0.5, 0.6) is 0 Å². The van der Waals surface area contributed by atoms with Gasteiger partial charge in [0.05, 0.1) is 0 Å². The quantitative estimate of drug-likeness (QED) is 0.0592. The average Bonchev–Trinajstić information content (AvgIpc) is 3.42. The van der Waals surface area contributed by atoms with E-state index in [-0.39, 0.29) is 40.7 Å². The van der Waals surface area contributed by atoms with E-state index in [1.54, 1.807) is 16.8 Å². The Morgan fingerprint density at radius 1 is 0.541 bits per heavy atom. The normalized spacial score (nSPS) is 23.2. The molecule has 13 heteroatoms. The van der Waals surface area contributed by atoms with E-state index in [0.29, 0.717) is 63.1 Å². The van der Waals surface area contributed by atoms with Crippen LogP contribution in [0.2, 0.25) is 0 Å². The van der Waals surface area contributed by atoms with Crippen LogP contribution < -0.4 is 5.32 Å². The maximum absolute atomic E-state index is 12.0. The SMILES string of the molecule is CN(CCC1CCC(CC=O)CC1)C(=O)OCc1ccccc1.CN(CCC1CCC(CCO)CC1)C(=O)OCc1ccccc1.CNCCC1CCC(CCO)CC1.C[N-]CCC1CCC(CCO)CC1.[CH3-].[W+2]. The minimum atomic E-state index is -0.261. The number of aldehydes is 1. The number of ether oxygens (including phenoxy) is 2. The van der Waals surface area contributed by atoms with Gasteiger partial charge in [0.15, 0.2) is 0 Å². The topological polar surface area (TPSA) is 163 Å². The third-order valence-corrected chi connectivity index (χ3v) is 16.2. The Kier molecular flexibility index (Phi) is 41.3. The summed E-state index contributed by atoms with van der Waals surface area (Å²) in [5, 5.41) is 34.0. The molecule has 0 unspecified atom stereocenters. The van der Waals surface area contributed by atoms with Gasteiger partial charge in [-0.25, -0.2) is 9.59 Å². The number of rotatable bonds is 24. The molecule has 2 amide bonds. The molecule has 0 heterocycles. The third kappa shape index (κ3) is 31.4. The van der Waals surface area contributed by atoms with Crippen LogP contribution in [0.15, 0.2) is 60.7 Å². The molecule has 2 aromatic carbocycles. The molecule has 422 valence electrons. The number of aliphatic hydroxyl groups excluding tert-OH is 3. The molecule has 0 aliphatic heterocycles. The number of aliphatic hydroxyl groups is 3. The second-order valence-electron chi connectivity index (χ2n) is 21.7. The third-order valence-electron chi connectivity index (χ3n) is 16.2. The van der Waals surface area contributed by atoms with Gasteiger partial charge in [0.2, 0.25) is 0 Å². The van der Waals surface area contributed by atoms with Crippen LogP contribution in [-0.2, 0) is 48.5 Å². The predicted octanol–water partition coefficient (Wildman–Crippen LogP) is 12.7. The molecule has 4 aliphatic rings. The van der Waals surface area contributed by atoms with Gasteiger partial charge >= 0.3 is 33.3 Å². The van der Waals surface area contributed by atoms with Crippen molar-refractivity contribution in [3.8, 4) is 0 Å². The van der Waals surface area contributed by atoms with E-state index >= 15 is 0 Å². The first-order valence-corrected chi connectivity index (χ1v) is 28.4. The van der Waals surface area contributed by atoms with Gasteiger partial charge in [-0.2, -0.15) is 7.05 Å². The van der Waals surface area contributed by atoms with Crippen molar-refractivity contribution in [2.24, 2.45) is 47.3 Å². The number of benzene rings is 2. The van der Waals surface area contributed by atoms with Crippen LogP contribution in [0.4, 0.5) is 9.59 Å². The molecule has 12 nitrogen and oxygen atoms in total. The van der Waals surface area contributed by atoms with Gasteiger partial charge in [-0.1, -0.05) is 157 Å². The van der Waals surface area contributed by atoms with Crippen LogP contribution in [0, 0.1) is 54.8 Å². The number of hydrogen-bond acceptors (Lipinski definition) is 9. The summed E-state index contributed by atoms with van der Waals surface area (Å²) in [6.45, 7) is 5.40. The van der Waals surface area contributed by atoms with E-state index in [0.717, 1.165) is 112 Å². The maximum Gasteiger partial charge on any atom is 2.00 e. The Bertz CT molecular complexity index is 1590. The standard InChI is InChI=1S/C19H29NO3.C19H27NO3.C11H23NO.C11H22NO.CH3.W/c2*1-20(19(22)23-15-18-5-3-2-4-6-18)13-11-16-7-9-17(10-8-16)12-14-21;2*1-12-8-6-10-2-4-11(5-3-10)7-9-13;;/h2-6,16-17,21H,7-15H2,1H3;2-6,14,16-17H,7-13,15H2,1H3;10-13H,2-9H2,1H3;10-11,13H,2-9H2,1H3;1H3;/q;;;2*-1;+2. The molecular formula is C61H104N4O8W. The summed E-state index contributed by atoms with van der Waals surface area (Å²) in [6, 6.07) is 19.5. The van der Waals surface area contributed by atoms with Crippen molar-refractivity contribution in [1.29, 1.82) is 0 Å². The van der Waals surface area contributed by atoms with Crippen molar-refractivity contribution in [3.63, 3.8) is 0 Å². The van der Waals surface area contributed by atoms with Crippen LogP contribution in [0.1, 0.15) is 165 Å². The van der Waals surface area contributed by atoms with Gasteiger partial charge < -0.3 is 57.4 Å². The fraction of sp³-hybridized carbons (Fsp3) is 0.738. The van der Waals surface area contributed by atoms with Gasteiger partial charge in [-0.3, -0.25) is 0 Å². The predicted molar refractivity (Wildman–Crippen MR) is 299 cm³/mol. The minimum absolute atomic E-state index is 0. The van der Waals surface area contributed by atoms with Gasteiger partial charge in [0.25, 0.3) is 0 Å². The van der Waals surface area contributed by atoms with E-state index in [1.807, 2.05) is 81.8 Å². The van der Waals surface area contributed by atoms with Crippen molar-refractivity contribution in [2.75, 3.05) is 74.2 Å². The van der Waals surface area contributed by atoms with Crippen LogP contribution in [0.25, 0.3) is 5.32 Å². The molecule has 0 saturated heterocycles. The summed E-state index contributed by atoms with van der Waals surface area (Å²) in [5.74, 6) is 6.13. The smallest absolute Gasteiger partial charge is 0.665 e. The Balaban J connectivity index is 0.000000506. The summed E-state index contributed by atoms with van der Waals surface area (Å²) in [5.41, 5.74) is 2.01. The maximum atomic E-state index is 12.0. The summed E-state index contributed by atoms with van der Waals surface area (Å²) < 4.78 is 10.7.